The molecule has 0 saturated carbocycles. The highest BCUT2D eigenvalue weighted by molar-refractivity contribution is 5.22. The van der Waals surface area contributed by atoms with E-state index in [0.29, 0.717) is 6.54 Å². The molecule has 0 radical (unpaired) electrons. The summed E-state index contributed by atoms with van der Waals surface area (Å²) in [5.41, 5.74) is 9.30. The van der Waals surface area contributed by atoms with Gasteiger partial charge in [-0.25, -0.2) is 0 Å². The minimum absolute atomic E-state index is 0.615. The van der Waals surface area contributed by atoms with Crippen LogP contribution in [-0.2, 0) is 13.1 Å². The van der Waals surface area contributed by atoms with E-state index in [1.54, 1.807) is 0 Å². The molecule has 0 aliphatic rings. The first-order valence-electron chi connectivity index (χ1n) is 5.80. The number of hydrogen-bond acceptors (Lipinski definition) is 2. The fraction of sp³-hybridized carbons (Fsp3) is 0.429. The Morgan fingerprint density at radius 3 is 2.25 bits per heavy atom. The summed E-state index contributed by atoms with van der Waals surface area (Å²) < 4.78 is 0. The van der Waals surface area contributed by atoms with Gasteiger partial charge in [0.15, 0.2) is 0 Å². The highest BCUT2D eigenvalue weighted by Crippen LogP contribution is 2.08. The van der Waals surface area contributed by atoms with Gasteiger partial charge in [0.1, 0.15) is 0 Å². The molecule has 0 amide bonds. The zero-order valence-corrected chi connectivity index (χ0v) is 10.4. The van der Waals surface area contributed by atoms with Gasteiger partial charge in [-0.2, -0.15) is 0 Å². The number of nitrogens with two attached hydrogens (primary N) is 1. The SMILES string of the molecule is C=C(C)CN(CC)Cc1ccc(CN)cc1. The van der Waals surface area contributed by atoms with E-state index in [2.05, 4.69) is 49.6 Å². The lowest BCUT2D eigenvalue weighted by atomic mass is 10.1. The summed E-state index contributed by atoms with van der Waals surface area (Å²) in [4.78, 5) is 2.37. The van der Waals surface area contributed by atoms with Crippen molar-refractivity contribution in [2.75, 3.05) is 13.1 Å². The largest absolute Gasteiger partial charge is 0.326 e. The molecule has 0 aliphatic heterocycles. The Balaban J connectivity index is 2.59. The first-order valence-corrected chi connectivity index (χ1v) is 5.80. The predicted octanol–water partition coefficient (Wildman–Crippen LogP) is 2.54. The number of benzene rings is 1. The van der Waals surface area contributed by atoms with Crippen LogP contribution < -0.4 is 5.73 Å². The summed E-state index contributed by atoms with van der Waals surface area (Å²) in [6.07, 6.45) is 0. The Morgan fingerprint density at radius 1 is 1.25 bits per heavy atom. The average molecular weight is 218 g/mol. The number of likely N-dealkylation sites (N-methyl/N-ethyl adjacent to an activating group) is 1. The van der Waals surface area contributed by atoms with Crippen molar-refractivity contribution in [2.45, 2.75) is 26.9 Å². The molecule has 1 rings (SSSR count). The smallest absolute Gasteiger partial charge is 0.0237 e. The van der Waals surface area contributed by atoms with Crippen molar-refractivity contribution >= 4 is 0 Å². The van der Waals surface area contributed by atoms with Gasteiger partial charge in [0.25, 0.3) is 0 Å². The van der Waals surface area contributed by atoms with E-state index in [1.165, 1.54) is 16.7 Å². The van der Waals surface area contributed by atoms with Gasteiger partial charge in [0, 0.05) is 19.6 Å². The standard InChI is InChI=1S/C14H22N2/c1-4-16(10-12(2)3)11-14-7-5-13(9-15)6-8-14/h5-8H,2,4,9-11,15H2,1,3H3. The van der Waals surface area contributed by atoms with E-state index in [9.17, 15) is 0 Å². The third-order valence-corrected chi connectivity index (χ3v) is 2.61. The van der Waals surface area contributed by atoms with E-state index in [1.807, 2.05) is 0 Å². The molecule has 2 heteroatoms. The molecule has 0 heterocycles. The molecule has 0 unspecified atom stereocenters. The molecule has 1 aromatic rings. The van der Waals surface area contributed by atoms with Crippen LogP contribution in [0.5, 0.6) is 0 Å². The van der Waals surface area contributed by atoms with Gasteiger partial charge in [-0.15, -0.1) is 0 Å². The van der Waals surface area contributed by atoms with Crippen LogP contribution in [0, 0.1) is 0 Å². The fourth-order valence-corrected chi connectivity index (χ4v) is 1.70. The van der Waals surface area contributed by atoms with Crippen LogP contribution in [0.1, 0.15) is 25.0 Å². The second-order valence-electron chi connectivity index (χ2n) is 4.28. The lowest BCUT2D eigenvalue weighted by Crippen LogP contribution is -2.24. The Bertz CT molecular complexity index is 327. The summed E-state index contributed by atoms with van der Waals surface area (Å²) in [6.45, 7) is 11.8. The zero-order chi connectivity index (χ0) is 12.0. The van der Waals surface area contributed by atoms with Crippen LogP contribution in [0.15, 0.2) is 36.4 Å². The van der Waals surface area contributed by atoms with Crippen LogP contribution in [0.4, 0.5) is 0 Å². The van der Waals surface area contributed by atoms with Gasteiger partial charge in [0.05, 0.1) is 0 Å². The number of rotatable bonds is 6. The average Bonchev–Trinajstić information content (AvgIpc) is 2.28. The molecule has 0 spiro atoms. The Labute approximate surface area is 98.8 Å². The quantitative estimate of drug-likeness (QED) is 0.743. The van der Waals surface area contributed by atoms with Crippen molar-refractivity contribution in [1.82, 2.24) is 4.90 Å². The normalized spacial score (nSPS) is 10.8. The molecule has 0 aromatic heterocycles. The molecule has 2 nitrogen and oxygen atoms in total. The van der Waals surface area contributed by atoms with Gasteiger partial charge >= 0.3 is 0 Å². The molecule has 88 valence electrons. The van der Waals surface area contributed by atoms with Crippen LogP contribution in [0.25, 0.3) is 0 Å². The van der Waals surface area contributed by atoms with E-state index in [4.69, 9.17) is 5.73 Å². The van der Waals surface area contributed by atoms with Crippen LogP contribution >= 0.6 is 0 Å². The minimum atomic E-state index is 0.615. The van der Waals surface area contributed by atoms with Gasteiger partial charge in [-0.1, -0.05) is 43.3 Å². The van der Waals surface area contributed by atoms with Crippen LogP contribution in [0.3, 0.4) is 0 Å². The van der Waals surface area contributed by atoms with Crippen molar-refractivity contribution in [3.63, 3.8) is 0 Å². The predicted molar refractivity (Wildman–Crippen MR) is 70.1 cm³/mol. The lowest BCUT2D eigenvalue weighted by Gasteiger charge is -2.20. The third-order valence-electron chi connectivity index (χ3n) is 2.61. The van der Waals surface area contributed by atoms with Crippen molar-refractivity contribution in [3.8, 4) is 0 Å². The summed E-state index contributed by atoms with van der Waals surface area (Å²) in [5, 5.41) is 0. The topological polar surface area (TPSA) is 29.3 Å². The fourth-order valence-electron chi connectivity index (χ4n) is 1.70. The number of nitrogens with zero attached hydrogens (tertiary/aromatic N) is 1. The second-order valence-corrected chi connectivity index (χ2v) is 4.28. The van der Waals surface area contributed by atoms with Crippen LogP contribution in [0.2, 0.25) is 0 Å². The van der Waals surface area contributed by atoms with Gasteiger partial charge < -0.3 is 5.73 Å². The molecule has 0 saturated heterocycles. The maximum atomic E-state index is 5.57. The van der Waals surface area contributed by atoms with Crippen molar-refractivity contribution in [2.24, 2.45) is 5.73 Å². The Morgan fingerprint density at radius 2 is 1.81 bits per heavy atom. The third kappa shape index (κ3) is 4.17. The maximum absolute atomic E-state index is 5.57. The molecular weight excluding hydrogens is 196 g/mol. The summed E-state index contributed by atoms with van der Waals surface area (Å²) in [5.74, 6) is 0. The van der Waals surface area contributed by atoms with E-state index in [0.717, 1.165) is 19.6 Å². The highest BCUT2D eigenvalue weighted by atomic mass is 15.1. The Hall–Kier alpha value is -1.12. The van der Waals surface area contributed by atoms with Crippen molar-refractivity contribution in [1.29, 1.82) is 0 Å². The van der Waals surface area contributed by atoms with Gasteiger partial charge in [0.2, 0.25) is 0 Å². The summed E-state index contributed by atoms with van der Waals surface area (Å²) in [6, 6.07) is 8.51. The van der Waals surface area contributed by atoms with Crippen molar-refractivity contribution in [3.05, 3.63) is 47.5 Å². The first kappa shape index (κ1) is 12.9. The molecule has 0 atom stereocenters. The second kappa shape index (κ2) is 6.46. The van der Waals surface area contributed by atoms with E-state index < -0.39 is 0 Å². The van der Waals surface area contributed by atoms with E-state index >= 15 is 0 Å². The molecular formula is C14H22N2. The molecule has 2 N–H and O–H groups in total. The highest BCUT2D eigenvalue weighted by Gasteiger charge is 2.03. The van der Waals surface area contributed by atoms with Crippen LogP contribution in [-0.4, -0.2) is 18.0 Å². The van der Waals surface area contributed by atoms with Gasteiger partial charge in [-0.05, 0) is 24.6 Å². The number of hydrogen-bond donors (Lipinski definition) is 1. The molecule has 0 aliphatic carbocycles. The molecule has 1 aromatic carbocycles. The Kier molecular flexibility index (Phi) is 5.23. The molecule has 0 fully saturated rings. The maximum Gasteiger partial charge on any atom is 0.0237 e. The monoisotopic (exact) mass is 218 g/mol. The van der Waals surface area contributed by atoms with Crippen molar-refractivity contribution < 1.29 is 0 Å². The van der Waals surface area contributed by atoms with E-state index in [-0.39, 0.29) is 0 Å². The summed E-state index contributed by atoms with van der Waals surface area (Å²) >= 11 is 0. The molecule has 16 heavy (non-hydrogen) atoms. The summed E-state index contributed by atoms with van der Waals surface area (Å²) in [7, 11) is 0. The first-order chi connectivity index (χ1) is 7.65. The lowest BCUT2D eigenvalue weighted by molar-refractivity contribution is 0.304. The molecule has 0 bridgehead atoms. The zero-order valence-electron chi connectivity index (χ0n) is 10.4. The minimum Gasteiger partial charge on any atom is -0.326 e. The van der Waals surface area contributed by atoms with Gasteiger partial charge in [-0.3, -0.25) is 4.90 Å².